The molecule has 2 aromatic rings. The van der Waals surface area contributed by atoms with Gasteiger partial charge in [0.1, 0.15) is 0 Å². The molecular weight excluding hydrogens is 381 g/mol. The highest BCUT2D eigenvalue weighted by Gasteiger charge is 2.38. The summed E-state index contributed by atoms with van der Waals surface area (Å²) in [5.41, 5.74) is 0.0112. The Labute approximate surface area is 160 Å². The summed E-state index contributed by atoms with van der Waals surface area (Å²) in [6.45, 7) is 0. The predicted molar refractivity (Wildman–Crippen MR) is 102 cm³/mol. The number of anilines is 1. The van der Waals surface area contributed by atoms with Crippen LogP contribution < -0.4 is 10.6 Å². The standard InChI is InChI=1S/C19H18ClF3N2S/c20-15-8-1-2-9-16(15)24-17(26)25-18(10-3-4-11-18)13-6-5-7-14(12-13)19(21,22)23/h1-2,5-9,12H,3-4,10-11H2,(H2,24,25,26). The van der Waals surface area contributed by atoms with Crippen molar-refractivity contribution in [3.8, 4) is 0 Å². The fourth-order valence-corrected chi connectivity index (χ4v) is 3.88. The average Bonchev–Trinajstić information content (AvgIpc) is 3.06. The molecule has 0 unspecified atom stereocenters. The normalized spacial score (nSPS) is 16.3. The van der Waals surface area contributed by atoms with Crippen LogP contribution in [0.3, 0.4) is 0 Å². The van der Waals surface area contributed by atoms with Crippen LogP contribution in [0.4, 0.5) is 18.9 Å². The van der Waals surface area contributed by atoms with E-state index in [4.69, 9.17) is 23.8 Å². The van der Waals surface area contributed by atoms with Gasteiger partial charge in [-0.25, -0.2) is 0 Å². The number of hydrogen-bond donors (Lipinski definition) is 2. The second kappa shape index (κ2) is 7.45. The molecule has 0 bridgehead atoms. The molecule has 0 saturated heterocycles. The molecule has 3 rings (SSSR count). The van der Waals surface area contributed by atoms with Crippen molar-refractivity contribution < 1.29 is 13.2 Å². The van der Waals surface area contributed by atoms with Gasteiger partial charge in [0, 0.05) is 0 Å². The zero-order valence-electron chi connectivity index (χ0n) is 13.9. The van der Waals surface area contributed by atoms with Crippen molar-refractivity contribution in [1.29, 1.82) is 0 Å². The van der Waals surface area contributed by atoms with Crippen LogP contribution in [-0.2, 0) is 11.7 Å². The third-order valence-corrected chi connectivity index (χ3v) is 5.21. The molecule has 0 spiro atoms. The van der Waals surface area contributed by atoms with E-state index < -0.39 is 17.3 Å². The Bertz CT molecular complexity index is 801. The van der Waals surface area contributed by atoms with Gasteiger partial charge >= 0.3 is 6.18 Å². The maximum absolute atomic E-state index is 13.1. The Balaban J connectivity index is 1.85. The molecule has 2 nitrogen and oxygen atoms in total. The number of hydrogen-bond acceptors (Lipinski definition) is 1. The van der Waals surface area contributed by atoms with E-state index in [0.29, 0.717) is 21.4 Å². The first-order valence-corrected chi connectivity index (χ1v) is 9.10. The van der Waals surface area contributed by atoms with E-state index in [9.17, 15) is 13.2 Å². The van der Waals surface area contributed by atoms with Gasteiger partial charge in [-0.05, 0) is 54.9 Å². The highest BCUT2D eigenvalue weighted by atomic mass is 35.5. The third-order valence-electron chi connectivity index (χ3n) is 4.67. The lowest BCUT2D eigenvalue weighted by Gasteiger charge is -2.33. The van der Waals surface area contributed by atoms with Crippen molar-refractivity contribution in [2.45, 2.75) is 37.4 Å². The summed E-state index contributed by atoms with van der Waals surface area (Å²) in [6, 6.07) is 12.7. The minimum Gasteiger partial charge on any atom is -0.353 e. The molecule has 0 heterocycles. The topological polar surface area (TPSA) is 24.1 Å². The quantitative estimate of drug-likeness (QED) is 0.609. The van der Waals surface area contributed by atoms with Crippen LogP contribution in [-0.4, -0.2) is 5.11 Å². The summed E-state index contributed by atoms with van der Waals surface area (Å²) in [5, 5.41) is 7.17. The van der Waals surface area contributed by atoms with Gasteiger partial charge in [-0.15, -0.1) is 0 Å². The monoisotopic (exact) mass is 398 g/mol. The van der Waals surface area contributed by atoms with Crippen LogP contribution in [0, 0.1) is 0 Å². The summed E-state index contributed by atoms with van der Waals surface area (Å²) >= 11 is 11.5. The largest absolute Gasteiger partial charge is 0.416 e. The molecule has 1 saturated carbocycles. The van der Waals surface area contributed by atoms with E-state index in [1.165, 1.54) is 12.1 Å². The second-order valence-electron chi connectivity index (χ2n) is 6.43. The van der Waals surface area contributed by atoms with Crippen molar-refractivity contribution in [3.05, 3.63) is 64.7 Å². The van der Waals surface area contributed by atoms with E-state index in [-0.39, 0.29) is 0 Å². The lowest BCUT2D eigenvalue weighted by atomic mass is 9.87. The predicted octanol–water partition coefficient (Wildman–Crippen LogP) is 6.11. The first-order chi connectivity index (χ1) is 12.3. The van der Waals surface area contributed by atoms with E-state index >= 15 is 0 Å². The first-order valence-electron chi connectivity index (χ1n) is 8.32. The van der Waals surface area contributed by atoms with Gasteiger partial charge in [0.05, 0.1) is 21.8 Å². The third kappa shape index (κ3) is 4.13. The summed E-state index contributed by atoms with van der Waals surface area (Å²) in [5.74, 6) is 0. The van der Waals surface area contributed by atoms with Gasteiger partial charge in [0.2, 0.25) is 0 Å². The van der Waals surface area contributed by atoms with Crippen molar-refractivity contribution in [3.63, 3.8) is 0 Å². The van der Waals surface area contributed by atoms with E-state index in [2.05, 4.69) is 10.6 Å². The van der Waals surface area contributed by atoms with Gasteiger partial charge in [-0.2, -0.15) is 13.2 Å². The van der Waals surface area contributed by atoms with E-state index in [1.54, 1.807) is 18.2 Å². The molecule has 2 N–H and O–H groups in total. The number of thiocarbonyl (C=S) groups is 1. The summed E-state index contributed by atoms with van der Waals surface area (Å²) in [4.78, 5) is 0. The Morgan fingerprint density at radius 3 is 2.38 bits per heavy atom. The van der Waals surface area contributed by atoms with Crippen LogP contribution >= 0.6 is 23.8 Å². The maximum atomic E-state index is 13.1. The van der Waals surface area contributed by atoms with Gasteiger partial charge in [-0.1, -0.05) is 48.7 Å². The zero-order valence-corrected chi connectivity index (χ0v) is 15.4. The summed E-state index contributed by atoms with van der Waals surface area (Å²) in [7, 11) is 0. The molecular formula is C19H18ClF3N2S. The molecule has 0 aliphatic heterocycles. The van der Waals surface area contributed by atoms with Gasteiger partial charge < -0.3 is 10.6 Å². The molecule has 2 aromatic carbocycles. The molecule has 26 heavy (non-hydrogen) atoms. The number of halogens is 4. The summed E-state index contributed by atoms with van der Waals surface area (Å²) in [6.07, 6.45) is -1.07. The molecule has 0 atom stereocenters. The van der Waals surface area contributed by atoms with Crippen molar-refractivity contribution >= 4 is 34.6 Å². The lowest BCUT2D eigenvalue weighted by Crippen LogP contribution is -2.45. The highest BCUT2D eigenvalue weighted by Crippen LogP contribution is 2.41. The maximum Gasteiger partial charge on any atom is 0.416 e. The molecule has 0 amide bonds. The van der Waals surface area contributed by atoms with Crippen molar-refractivity contribution in [2.24, 2.45) is 0 Å². The van der Waals surface area contributed by atoms with Crippen LogP contribution in [0.15, 0.2) is 48.5 Å². The lowest BCUT2D eigenvalue weighted by molar-refractivity contribution is -0.137. The fraction of sp³-hybridized carbons (Fsp3) is 0.316. The van der Waals surface area contributed by atoms with Crippen LogP contribution in [0.25, 0.3) is 0 Å². The minimum atomic E-state index is -4.37. The molecule has 138 valence electrons. The zero-order chi connectivity index (χ0) is 18.8. The number of benzene rings is 2. The van der Waals surface area contributed by atoms with Gasteiger partial charge in [0.25, 0.3) is 0 Å². The molecule has 1 aliphatic rings. The highest BCUT2D eigenvalue weighted by molar-refractivity contribution is 7.80. The summed E-state index contributed by atoms with van der Waals surface area (Å²) < 4.78 is 39.3. The van der Waals surface area contributed by atoms with Crippen LogP contribution in [0.1, 0.15) is 36.8 Å². The second-order valence-corrected chi connectivity index (χ2v) is 7.24. The Morgan fingerprint density at radius 2 is 1.73 bits per heavy atom. The van der Waals surface area contributed by atoms with Gasteiger partial charge in [0.15, 0.2) is 5.11 Å². The number of alkyl halides is 3. The minimum absolute atomic E-state index is 0.345. The number of para-hydroxylation sites is 1. The molecule has 0 aromatic heterocycles. The number of nitrogens with one attached hydrogen (secondary N) is 2. The Kier molecular flexibility index (Phi) is 5.44. The van der Waals surface area contributed by atoms with Crippen molar-refractivity contribution in [2.75, 3.05) is 5.32 Å². The smallest absolute Gasteiger partial charge is 0.353 e. The molecule has 0 radical (unpaired) electrons. The van der Waals surface area contributed by atoms with Crippen molar-refractivity contribution in [1.82, 2.24) is 5.32 Å². The number of rotatable bonds is 3. The SMILES string of the molecule is FC(F)(F)c1cccc(C2(NC(=S)Nc3ccccc3Cl)CCCC2)c1. The van der Waals surface area contributed by atoms with Gasteiger partial charge in [-0.3, -0.25) is 0 Å². The molecule has 1 fully saturated rings. The van der Waals surface area contributed by atoms with Crippen LogP contribution in [0.5, 0.6) is 0 Å². The van der Waals surface area contributed by atoms with Crippen LogP contribution in [0.2, 0.25) is 5.02 Å². The van der Waals surface area contributed by atoms with E-state index in [1.807, 2.05) is 12.1 Å². The molecule has 1 aliphatic carbocycles. The Hall–Kier alpha value is -1.79. The fourth-order valence-electron chi connectivity index (χ4n) is 3.39. The van der Waals surface area contributed by atoms with E-state index in [0.717, 1.165) is 31.7 Å². The molecule has 7 heteroatoms. The average molecular weight is 399 g/mol. The Morgan fingerprint density at radius 1 is 1.04 bits per heavy atom. The first kappa shape index (κ1) is 19.0.